The lowest BCUT2D eigenvalue weighted by Gasteiger charge is -2.11. The van der Waals surface area contributed by atoms with Gasteiger partial charge in [-0.1, -0.05) is 13.0 Å². The fraction of sp³-hybridized carbons (Fsp3) is 0.438. The van der Waals surface area contributed by atoms with Gasteiger partial charge in [-0.3, -0.25) is 0 Å². The Hall–Kier alpha value is -1.88. The average molecular weight is 291 g/mol. The Balaban J connectivity index is 2.28. The fourth-order valence-electron chi connectivity index (χ4n) is 2.19. The number of nitrogens with one attached hydrogen (secondary N) is 1. The summed E-state index contributed by atoms with van der Waals surface area (Å²) in [5, 5.41) is 7.75. The first-order chi connectivity index (χ1) is 10.0. The minimum Gasteiger partial charge on any atom is -0.439 e. The molecule has 0 bridgehead atoms. The van der Waals surface area contributed by atoms with E-state index in [0.29, 0.717) is 18.2 Å². The van der Waals surface area contributed by atoms with Crippen molar-refractivity contribution in [2.24, 2.45) is 7.05 Å². The molecule has 0 aliphatic carbocycles. The third-order valence-electron chi connectivity index (χ3n) is 3.37. The number of hydrogen-bond acceptors (Lipinski definition) is 3. The molecule has 4 nitrogen and oxygen atoms in total. The molecule has 0 aliphatic rings. The Labute approximate surface area is 124 Å². The normalized spacial score (nSPS) is 10.9. The van der Waals surface area contributed by atoms with Crippen molar-refractivity contribution in [2.75, 3.05) is 6.54 Å². The minimum absolute atomic E-state index is 0.305. The first-order valence-electron chi connectivity index (χ1n) is 7.20. The second kappa shape index (κ2) is 6.72. The third-order valence-corrected chi connectivity index (χ3v) is 3.37. The van der Waals surface area contributed by atoms with Crippen LogP contribution in [0.5, 0.6) is 11.6 Å². The molecular formula is C16H22FN3O. The van der Waals surface area contributed by atoms with Crippen LogP contribution in [0.4, 0.5) is 4.39 Å². The highest BCUT2D eigenvalue weighted by atomic mass is 19.1. The highest BCUT2D eigenvalue weighted by Crippen LogP contribution is 2.29. The molecule has 0 unspecified atom stereocenters. The van der Waals surface area contributed by atoms with Gasteiger partial charge in [0.2, 0.25) is 5.88 Å². The van der Waals surface area contributed by atoms with Gasteiger partial charge in [0.25, 0.3) is 0 Å². The predicted molar refractivity (Wildman–Crippen MR) is 81.2 cm³/mol. The van der Waals surface area contributed by atoms with Gasteiger partial charge in [0.15, 0.2) is 0 Å². The van der Waals surface area contributed by atoms with Crippen LogP contribution in [0, 0.1) is 19.7 Å². The second-order valence-corrected chi connectivity index (χ2v) is 5.18. The van der Waals surface area contributed by atoms with Gasteiger partial charge in [0.05, 0.1) is 11.3 Å². The number of aromatic nitrogens is 2. The number of halogens is 1. The van der Waals surface area contributed by atoms with Crippen molar-refractivity contribution >= 4 is 0 Å². The predicted octanol–water partition coefficient (Wildman–Crippen LogP) is 3.47. The smallest absolute Gasteiger partial charge is 0.222 e. The van der Waals surface area contributed by atoms with Crippen LogP contribution >= 0.6 is 0 Å². The van der Waals surface area contributed by atoms with Gasteiger partial charge in [-0.05, 0) is 38.4 Å². The Kier molecular flexibility index (Phi) is 4.96. The number of rotatable bonds is 6. The van der Waals surface area contributed by atoms with Gasteiger partial charge in [0, 0.05) is 19.7 Å². The van der Waals surface area contributed by atoms with Gasteiger partial charge in [-0.15, -0.1) is 0 Å². The molecule has 1 aromatic carbocycles. The standard InChI is InChI=1S/C16H22FN3O/c1-5-8-18-10-14-12(3)19-20(4)16(14)21-15-9-13(17)7-6-11(15)2/h6-7,9,18H,5,8,10H2,1-4H3. The van der Waals surface area contributed by atoms with Crippen molar-refractivity contribution in [3.63, 3.8) is 0 Å². The molecule has 0 atom stereocenters. The Morgan fingerprint density at radius 2 is 2.10 bits per heavy atom. The van der Waals surface area contributed by atoms with Gasteiger partial charge >= 0.3 is 0 Å². The summed E-state index contributed by atoms with van der Waals surface area (Å²) in [5.74, 6) is 0.875. The van der Waals surface area contributed by atoms with E-state index in [0.717, 1.165) is 29.8 Å². The van der Waals surface area contributed by atoms with Crippen molar-refractivity contribution in [1.29, 1.82) is 0 Å². The maximum Gasteiger partial charge on any atom is 0.222 e. The number of nitrogens with zero attached hydrogens (tertiary/aromatic N) is 2. The monoisotopic (exact) mass is 291 g/mol. The number of ether oxygens (including phenoxy) is 1. The lowest BCUT2D eigenvalue weighted by atomic mass is 10.2. The molecule has 2 aromatic rings. The van der Waals surface area contributed by atoms with Gasteiger partial charge in [0.1, 0.15) is 11.6 Å². The molecule has 0 saturated heterocycles. The summed E-state index contributed by atoms with van der Waals surface area (Å²) in [6.45, 7) is 7.60. The third kappa shape index (κ3) is 3.61. The zero-order chi connectivity index (χ0) is 15.4. The van der Waals surface area contributed by atoms with Crippen molar-refractivity contribution in [3.8, 4) is 11.6 Å². The Morgan fingerprint density at radius 3 is 2.81 bits per heavy atom. The van der Waals surface area contributed by atoms with E-state index in [1.165, 1.54) is 12.1 Å². The quantitative estimate of drug-likeness (QED) is 0.828. The number of hydrogen-bond donors (Lipinski definition) is 1. The summed E-state index contributed by atoms with van der Waals surface area (Å²) < 4.78 is 21.0. The molecule has 0 radical (unpaired) electrons. The van der Waals surface area contributed by atoms with Crippen LogP contribution in [-0.4, -0.2) is 16.3 Å². The summed E-state index contributed by atoms with van der Waals surface area (Å²) in [7, 11) is 1.83. The van der Waals surface area contributed by atoms with Gasteiger partial charge in [-0.25, -0.2) is 9.07 Å². The first kappa shape index (κ1) is 15.5. The van der Waals surface area contributed by atoms with Crippen molar-refractivity contribution in [3.05, 3.63) is 40.8 Å². The topological polar surface area (TPSA) is 39.1 Å². The van der Waals surface area contributed by atoms with E-state index < -0.39 is 0 Å². The minimum atomic E-state index is -0.305. The van der Waals surface area contributed by atoms with E-state index in [4.69, 9.17) is 4.74 Å². The van der Waals surface area contributed by atoms with E-state index in [9.17, 15) is 4.39 Å². The van der Waals surface area contributed by atoms with Gasteiger partial charge in [-0.2, -0.15) is 5.10 Å². The summed E-state index contributed by atoms with van der Waals surface area (Å²) in [6, 6.07) is 4.55. The van der Waals surface area contributed by atoms with Crippen molar-refractivity contribution in [1.82, 2.24) is 15.1 Å². The van der Waals surface area contributed by atoms with Crippen LogP contribution in [0.2, 0.25) is 0 Å². The van der Waals surface area contributed by atoms with Crippen LogP contribution in [0.1, 0.15) is 30.2 Å². The molecule has 0 spiro atoms. The van der Waals surface area contributed by atoms with E-state index in [1.54, 1.807) is 10.7 Å². The first-order valence-corrected chi connectivity index (χ1v) is 7.20. The van der Waals surface area contributed by atoms with Crippen molar-refractivity contribution in [2.45, 2.75) is 33.7 Å². The molecule has 1 N–H and O–H groups in total. The maximum absolute atomic E-state index is 13.4. The molecule has 0 aliphatic heterocycles. The Morgan fingerprint density at radius 1 is 1.33 bits per heavy atom. The van der Waals surface area contributed by atoms with Crippen LogP contribution < -0.4 is 10.1 Å². The molecule has 114 valence electrons. The summed E-state index contributed by atoms with van der Waals surface area (Å²) in [5.41, 5.74) is 2.82. The van der Waals surface area contributed by atoms with E-state index >= 15 is 0 Å². The molecule has 0 amide bonds. The highest BCUT2D eigenvalue weighted by molar-refractivity contribution is 5.39. The lowest BCUT2D eigenvalue weighted by Crippen LogP contribution is -2.14. The Bertz CT molecular complexity index is 622. The van der Waals surface area contributed by atoms with Crippen LogP contribution in [-0.2, 0) is 13.6 Å². The van der Waals surface area contributed by atoms with E-state index in [2.05, 4.69) is 17.3 Å². The molecule has 2 rings (SSSR count). The molecular weight excluding hydrogens is 269 g/mol. The fourth-order valence-corrected chi connectivity index (χ4v) is 2.19. The van der Waals surface area contributed by atoms with Crippen LogP contribution in [0.3, 0.4) is 0 Å². The SMILES string of the molecule is CCCNCc1c(C)nn(C)c1Oc1cc(F)ccc1C. The second-order valence-electron chi connectivity index (χ2n) is 5.18. The average Bonchev–Trinajstić information content (AvgIpc) is 2.70. The number of benzene rings is 1. The summed E-state index contributed by atoms with van der Waals surface area (Å²) in [4.78, 5) is 0. The van der Waals surface area contributed by atoms with E-state index in [1.807, 2.05) is 20.9 Å². The summed E-state index contributed by atoms with van der Waals surface area (Å²) in [6.07, 6.45) is 1.07. The molecule has 1 heterocycles. The van der Waals surface area contributed by atoms with Gasteiger partial charge < -0.3 is 10.1 Å². The molecule has 1 aromatic heterocycles. The molecule has 0 saturated carbocycles. The molecule has 21 heavy (non-hydrogen) atoms. The number of aryl methyl sites for hydroxylation is 3. The zero-order valence-electron chi connectivity index (χ0n) is 13.0. The highest BCUT2D eigenvalue weighted by Gasteiger charge is 2.16. The van der Waals surface area contributed by atoms with Crippen LogP contribution in [0.15, 0.2) is 18.2 Å². The zero-order valence-corrected chi connectivity index (χ0v) is 13.0. The maximum atomic E-state index is 13.4. The van der Waals surface area contributed by atoms with Crippen molar-refractivity contribution < 1.29 is 9.13 Å². The molecule has 0 fully saturated rings. The molecule has 5 heteroatoms. The lowest BCUT2D eigenvalue weighted by molar-refractivity contribution is 0.418. The summed E-state index contributed by atoms with van der Waals surface area (Å²) >= 11 is 0. The van der Waals surface area contributed by atoms with Crippen LogP contribution in [0.25, 0.3) is 0 Å². The van der Waals surface area contributed by atoms with E-state index in [-0.39, 0.29) is 5.82 Å². The largest absolute Gasteiger partial charge is 0.439 e.